The van der Waals surface area contributed by atoms with E-state index in [1.54, 1.807) is 0 Å². The highest BCUT2D eigenvalue weighted by molar-refractivity contribution is 4.32. The molecule has 2 nitrogen and oxygen atoms in total. The molecule has 0 aromatic carbocycles. The van der Waals surface area contributed by atoms with Crippen LogP contribution in [0.25, 0.3) is 0 Å². The van der Waals surface area contributed by atoms with E-state index in [4.69, 9.17) is 9.84 Å². The predicted molar refractivity (Wildman–Crippen MR) is 27.9 cm³/mol. The maximum absolute atomic E-state index is 8.19. The lowest BCUT2D eigenvalue weighted by molar-refractivity contribution is 0.138. The summed E-state index contributed by atoms with van der Waals surface area (Å²) in [6, 6.07) is 0. The number of aliphatic hydroxyl groups is 1. The second-order valence-electron chi connectivity index (χ2n) is 1.19. The van der Waals surface area contributed by atoms with Crippen LogP contribution in [0.4, 0.5) is 0 Å². The van der Waals surface area contributed by atoms with Gasteiger partial charge in [-0.2, -0.15) is 0 Å². The quantitative estimate of drug-likeness (QED) is 0.516. The standard InChI is InChI=1S/C5H11O2/c1-2-7-5-3-4-6/h6H,1-5H2. The molecule has 43 valence electrons. The molecule has 0 atom stereocenters. The molecule has 1 radical (unpaired) electrons. The third-order valence-electron chi connectivity index (χ3n) is 0.591. The first kappa shape index (κ1) is 6.92. The van der Waals surface area contributed by atoms with Crippen LogP contribution >= 0.6 is 0 Å². The van der Waals surface area contributed by atoms with Gasteiger partial charge in [-0.05, 0) is 13.3 Å². The summed E-state index contributed by atoms with van der Waals surface area (Å²) in [5.41, 5.74) is 0. The van der Waals surface area contributed by atoms with Crippen LogP contribution in [0, 0.1) is 6.92 Å². The van der Waals surface area contributed by atoms with Gasteiger partial charge >= 0.3 is 0 Å². The minimum Gasteiger partial charge on any atom is -0.396 e. The molecule has 0 rings (SSSR count). The van der Waals surface area contributed by atoms with Crippen molar-refractivity contribution in [3.8, 4) is 0 Å². The average molecular weight is 103 g/mol. The van der Waals surface area contributed by atoms with Crippen LogP contribution in [-0.4, -0.2) is 24.9 Å². The van der Waals surface area contributed by atoms with E-state index < -0.39 is 0 Å². The van der Waals surface area contributed by atoms with Crippen molar-refractivity contribution in [1.29, 1.82) is 0 Å². The molecule has 0 heterocycles. The Morgan fingerprint density at radius 2 is 2.29 bits per heavy atom. The molecule has 0 amide bonds. The Labute approximate surface area is 44.1 Å². The van der Waals surface area contributed by atoms with Crippen LogP contribution in [0.1, 0.15) is 6.42 Å². The molecule has 0 aliphatic heterocycles. The summed E-state index contributed by atoms with van der Waals surface area (Å²) in [4.78, 5) is 0. The molecule has 0 fully saturated rings. The van der Waals surface area contributed by atoms with Gasteiger partial charge in [-0.3, -0.25) is 0 Å². The zero-order valence-electron chi connectivity index (χ0n) is 4.39. The number of hydrogen-bond donors (Lipinski definition) is 1. The van der Waals surface area contributed by atoms with Crippen molar-refractivity contribution in [2.24, 2.45) is 0 Å². The minimum absolute atomic E-state index is 0.208. The summed E-state index contributed by atoms with van der Waals surface area (Å²) in [6.45, 7) is 4.79. The highest BCUT2D eigenvalue weighted by Gasteiger charge is 1.79. The molecule has 0 saturated heterocycles. The molecule has 1 N–H and O–H groups in total. The van der Waals surface area contributed by atoms with Crippen LogP contribution in [-0.2, 0) is 4.74 Å². The monoisotopic (exact) mass is 103 g/mol. The maximum atomic E-state index is 8.19. The molecule has 0 saturated carbocycles. The van der Waals surface area contributed by atoms with Crippen LogP contribution in [0.5, 0.6) is 0 Å². The van der Waals surface area contributed by atoms with Crippen LogP contribution in [0.15, 0.2) is 0 Å². The summed E-state index contributed by atoms with van der Waals surface area (Å²) in [5.74, 6) is 0. The molecular formula is C5H11O2. The summed E-state index contributed by atoms with van der Waals surface area (Å²) in [5, 5.41) is 8.19. The van der Waals surface area contributed by atoms with E-state index in [-0.39, 0.29) is 6.61 Å². The lowest BCUT2D eigenvalue weighted by Gasteiger charge is -1.94. The molecule has 0 unspecified atom stereocenters. The molecule has 2 heteroatoms. The van der Waals surface area contributed by atoms with E-state index in [0.717, 1.165) is 6.42 Å². The lowest BCUT2D eigenvalue weighted by Crippen LogP contribution is -1.95. The normalized spacial score (nSPS) is 9.43. The smallest absolute Gasteiger partial charge is 0.0487 e. The molecular weight excluding hydrogens is 92.1 g/mol. The van der Waals surface area contributed by atoms with E-state index in [2.05, 4.69) is 6.92 Å². The first-order valence-corrected chi connectivity index (χ1v) is 2.39. The van der Waals surface area contributed by atoms with Crippen molar-refractivity contribution in [3.63, 3.8) is 0 Å². The summed E-state index contributed by atoms with van der Waals surface area (Å²) < 4.78 is 4.80. The lowest BCUT2D eigenvalue weighted by atomic mass is 10.5. The van der Waals surface area contributed by atoms with Gasteiger partial charge in [-0.1, -0.05) is 0 Å². The van der Waals surface area contributed by atoms with Crippen molar-refractivity contribution in [2.75, 3.05) is 19.8 Å². The Morgan fingerprint density at radius 1 is 1.57 bits per heavy atom. The Balaban J connectivity index is 2.45. The van der Waals surface area contributed by atoms with Crippen molar-refractivity contribution in [2.45, 2.75) is 6.42 Å². The van der Waals surface area contributed by atoms with Gasteiger partial charge < -0.3 is 9.84 Å². The van der Waals surface area contributed by atoms with Gasteiger partial charge in [-0.15, -0.1) is 0 Å². The van der Waals surface area contributed by atoms with Crippen LogP contribution < -0.4 is 0 Å². The predicted octanol–water partition coefficient (Wildman–Crippen LogP) is 0.219. The zero-order valence-corrected chi connectivity index (χ0v) is 4.39. The summed E-state index contributed by atoms with van der Waals surface area (Å²) in [6.07, 6.45) is 0.718. The van der Waals surface area contributed by atoms with Crippen LogP contribution in [0.2, 0.25) is 0 Å². The maximum Gasteiger partial charge on any atom is 0.0487 e. The Bertz CT molecular complexity index is 25.3. The van der Waals surface area contributed by atoms with Gasteiger partial charge in [0, 0.05) is 19.8 Å². The molecule has 0 aliphatic carbocycles. The fraction of sp³-hybridized carbons (Fsp3) is 0.800. The molecule has 0 bridgehead atoms. The summed E-state index contributed by atoms with van der Waals surface area (Å²) >= 11 is 0. The largest absolute Gasteiger partial charge is 0.396 e. The topological polar surface area (TPSA) is 29.5 Å². The van der Waals surface area contributed by atoms with Gasteiger partial charge in [0.1, 0.15) is 0 Å². The zero-order chi connectivity index (χ0) is 5.54. The van der Waals surface area contributed by atoms with Gasteiger partial charge in [0.15, 0.2) is 0 Å². The van der Waals surface area contributed by atoms with E-state index >= 15 is 0 Å². The molecule has 0 spiro atoms. The van der Waals surface area contributed by atoms with Crippen molar-refractivity contribution >= 4 is 0 Å². The first-order valence-electron chi connectivity index (χ1n) is 2.39. The summed E-state index contributed by atoms with van der Waals surface area (Å²) in [7, 11) is 0. The van der Waals surface area contributed by atoms with E-state index in [1.807, 2.05) is 0 Å². The Morgan fingerprint density at radius 3 is 2.71 bits per heavy atom. The number of hydrogen-bond acceptors (Lipinski definition) is 2. The molecule has 0 aromatic heterocycles. The van der Waals surface area contributed by atoms with Crippen molar-refractivity contribution < 1.29 is 9.84 Å². The van der Waals surface area contributed by atoms with E-state index in [0.29, 0.717) is 13.2 Å². The SMILES string of the molecule is [CH2]COCCCO. The van der Waals surface area contributed by atoms with Crippen molar-refractivity contribution in [3.05, 3.63) is 6.92 Å². The Hall–Kier alpha value is -0.0800. The number of rotatable bonds is 4. The van der Waals surface area contributed by atoms with E-state index in [1.165, 1.54) is 0 Å². The third kappa shape index (κ3) is 5.92. The number of aliphatic hydroxyl groups excluding tert-OH is 1. The third-order valence-corrected chi connectivity index (χ3v) is 0.591. The van der Waals surface area contributed by atoms with Gasteiger partial charge in [0.05, 0.1) is 0 Å². The molecule has 0 aliphatic rings. The number of ether oxygens (including phenoxy) is 1. The minimum atomic E-state index is 0.208. The van der Waals surface area contributed by atoms with Gasteiger partial charge in [0.25, 0.3) is 0 Å². The molecule has 7 heavy (non-hydrogen) atoms. The van der Waals surface area contributed by atoms with Crippen molar-refractivity contribution in [1.82, 2.24) is 0 Å². The molecule has 0 aromatic rings. The fourth-order valence-corrected chi connectivity index (χ4v) is 0.269. The highest BCUT2D eigenvalue weighted by atomic mass is 16.5. The van der Waals surface area contributed by atoms with Gasteiger partial charge in [0.2, 0.25) is 0 Å². The average Bonchev–Trinajstić information content (AvgIpc) is 1.69. The first-order chi connectivity index (χ1) is 3.41. The Kier molecular flexibility index (Phi) is 5.85. The van der Waals surface area contributed by atoms with Crippen LogP contribution in [0.3, 0.4) is 0 Å². The fourth-order valence-electron chi connectivity index (χ4n) is 0.269. The second kappa shape index (κ2) is 5.92. The van der Waals surface area contributed by atoms with Gasteiger partial charge in [-0.25, -0.2) is 0 Å². The van der Waals surface area contributed by atoms with E-state index in [9.17, 15) is 0 Å². The highest BCUT2D eigenvalue weighted by Crippen LogP contribution is 1.77. The second-order valence-corrected chi connectivity index (χ2v) is 1.19.